The van der Waals surface area contributed by atoms with Crippen molar-refractivity contribution in [2.45, 2.75) is 25.5 Å². The molecule has 0 rings (SSSR count). The van der Waals surface area contributed by atoms with Gasteiger partial charge in [-0.25, -0.2) is 0 Å². The Morgan fingerprint density at radius 1 is 1.70 bits per heavy atom. The van der Waals surface area contributed by atoms with Crippen molar-refractivity contribution in [1.29, 1.82) is 0 Å². The van der Waals surface area contributed by atoms with Crippen LogP contribution in [-0.2, 0) is 4.79 Å². The predicted molar refractivity (Wildman–Crippen MR) is 40.7 cm³/mol. The maximum absolute atomic E-state index is 10.2. The first-order valence-corrected chi connectivity index (χ1v) is 2.82. The number of carbonyl (C=O) groups excluding carboxylic acids is 1. The second kappa shape index (κ2) is 5.46. The molecule has 0 saturated carbocycles. The lowest BCUT2D eigenvalue weighted by molar-refractivity contribution is -0.126. The second-order valence-electron chi connectivity index (χ2n) is 1.92. The van der Waals surface area contributed by atoms with Gasteiger partial charge in [-0.15, -0.1) is 12.4 Å². The average Bonchev–Trinajstić information content (AvgIpc) is 1.84. The molecule has 0 fully saturated rings. The quantitative estimate of drug-likeness (QED) is 0.505. The lowest BCUT2D eigenvalue weighted by Crippen LogP contribution is -2.43. The molecular weight excluding hydrogens is 156 g/mol. The van der Waals surface area contributed by atoms with E-state index in [9.17, 15) is 4.79 Å². The molecule has 0 aromatic carbocycles. The topological polar surface area (TPSA) is 89.3 Å². The van der Waals surface area contributed by atoms with Gasteiger partial charge in [0.15, 0.2) is 0 Å². The van der Waals surface area contributed by atoms with Crippen LogP contribution in [0.2, 0.25) is 0 Å². The van der Waals surface area contributed by atoms with Crippen LogP contribution in [0.4, 0.5) is 0 Å². The lowest BCUT2D eigenvalue weighted by Gasteiger charge is -2.12. The van der Waals surface area contributed by atoms with Gasteiger partial charge in [0, 0.05) is 6.04 Å². The van der Waals surface area contributed by atoms with Crippen molar-refractivity contribution in [3.8, 4) is 0 Å². The van der Waals surface area contributed by atoms with Crippen LogP contribution in [0.5, 0.6) is 0 Å². The fourth-order valence-electron chi connectivity index (χ4n) is 0.434. The van der Waals surface area contributed by atoms with E-state index < -0.39 is 18.1 Å². The number of carbonyl (C=O) groups is 1. The van der Waals surface area contributed by atoms with Gasteiger partial charge >= 0.3 is 0 Å². The minimum absolute atomic E-state index is 0. The van der Waals surface area contributed by atoms with Crippen molar-refractivity contribution < 1.29 is 9.90 Å². The Kier molecular flexibility index (Phi) is 6.76. The van der Waals surface area contributed by atoms with E-state index >= 15 is 0 Å². The number of hydrogen-bond donors (Lipinski definition) is 3. The Balaban J connectivity index is 0. The summed E-state index contributed by atoms with van der Waals surface area (Å²) in [5.74, 6) is -0.760. The number of rotatable bonds is 3. The van der Waals surface area contributed by atoms with Gasteiger partial charge in [0.1, 0.15) is 6.10 Å². The molecule has 0 aromatic heterocycles. The third kappa shape index (κ3) is 3.66. The summed E-state index contributed by atoms with van der Waals surface area (Å²) in [6, 6.07) is -0.525. The number of aliphatic hydroxyl groups is 1. The summed E-state index contributed by atoms with van der Waals surface area (Å²) in [5.41, 5.74) is 10.0. The number of primary amides is 1. The highest BCUT2D eigenvalue weighted by molar-refractivity contribution is 5.85. The third-order valence-corrected chi connectivity index (χ3v) is 1.17. The highest BCUT2D eigenvalue weighted by Gasteiger charge is 2.17. The molecule has 10 heavy (non-hydrogen) atoms. The number of halogens is 1. The Morgan fingerprint density at radius 3 is 2.20 bits per heavy atom. The molecule has 62 valence electrons. The number of aliphatic hydroxyl groups excluding tert-OH is 1. The first-order valence-electron chi connectivity index (χ1n) is 2.82. The average molecular weight is 169 g/mol. The van der Waals surface area contributed by atoms with Crippen LogP contribution in [-0.4, -0.2) is 23.2 Å². The standard InChI is InChI=1S/C5H12N2O2.ClH/c1-2-3(6)4(8)5(7)9;/h3-4,8H,2,6H2,1H3,(H2,7,9);1H. The predicted octanol–water partition coefficient (Wildman–Crippen LogP) is -1.01. The van der Waals surface area contributed by atoms with E-state index in [0.717, 1.165) is 0 Å². The smallest absolute Gasteiger partial charge is 0.247 e. The zero-order chi connectivity index (χ0) is 7.44. The first-order chi connectivity index (χ1) is 4.09. The van der Waals surface area contributed by atoms with Crippen LogP contribution in [0, 0.1) is 0 Å². The molecule has 2 unspecified atom stereocenters. The van der Waals surface area contributed by atoms with Crippen LogP contribution in [0.1, 0.15) is 13.3 Å². The molecule has 0 aromatic rings. The monoisotopic (exact) mass is 168 g/mol. The minimum Gasteiger partial charge on any atom is -0.382 e. The first kappa shape index (κ1) is 12.4. The summed E-state index contributed by atoms with van der Waals surface area (Å²) in [7, 11) is 0. The van der Waals surface area contributed by atoms with E-state index in [0.29, 0.717) is 6.42 Å². The van der Waals surface area contributed by atoms with Gasteiger partial charge in [0.25, 0.3) is 0 Å². The fraction of sp³-hybridized carbons (Fsp3) is 0.800. The molecule has 0 saturated heterocycles. The van der Waals surface area contributed by atoms with Crippen LogP contribution in [0.3, 0.4) is 0 Å². The van der Waals surface area contributed by atoms with Gasteiger partial charge in [-0.1, -0.05) is 6.92 Å². The number of hydrogen-bond acceptors (Lipinski definition) is 3. The molecular formula is C5H13ClN2O2. The van der Waals surface area contributed by atoms with Crippen molar-refractivity contribution in [2.75, 3.05) is 0 Å². The molecule has 5 N–H and O–H groups in total. The van der Waals surface area contributed by atoms with Crippen molar-refractivity contribution in [1.82, 2.24) is 0 Å². The summed E-state index contributed by atoms with van der Waals surface area (Å²) in [6.07, 6.45) is -0.653. The largest absolute Gasteiger partial charge is 0.382 e. The summed E-state index contributed by atoms with van der Waals surface area (Å²) < 4.78 is 0. The molecule has 5 heteroatoms. The summed E-state index contributed by atoms with van der Waals surface area (Å²) in [4.78, 5) is 10.2. The van der Waals surface area contributed by atoms with Gasteiger partial charge in [-0.2, -0.15) is 0 Å². The molecule has 0 aliphatic heterocycles. The van der Waals surface area contributed by atoms with Crippen molar-refractivity contribution in [3.05, 3.63) is 0 Å². The highest BCUT2D eigenvalue weighted by Crippen LogP contribution is 1.92. The van der Waals surface area contributed by atoms with Crippen LogP contribution in [0.15, 0.2) is 0 Å². The molecule has 0 spiro atoms. The fourth-order valence-corrected chi connectivity index (χ4v) is 0.434. The Morgan fingerprint density at radius 2 is 2.10 bits per heavy atom. The Hall–Kier alpha value is -0.320. The van der Waals surface area contributed by atoms with Gasteiger partial charge in [-0.3, -0.25) is 4.79 Å². The minimum atomic E-state index is -1.20. The van der Waals surface area contributed by atoms with E-state index in [1.165, 1.54) is 0 Å². The lowest BCUT2D eigenvalue weighted by atomic mass is 10.1. The highest BCUT2D eigenvalue weighted by atomic mass is 35.5. The van der Waals surface area contributed by atoms with Gasteiger partial charge in [-0.05, 0) is 6.42 Å². The maximum Gasteiger partial charge on any atom is 0.247 e. The van der Waals surface area contributed by atoms with E-state index in [1.807, 2.05) is 0 Å². The van der Waals surface area contributed by atoms with Crippen molar-refractivity contribution >= 4 is 18.3 Å². The molecule has 2 atom stereocenters. The summed E-state index contributed by atoms with van der Waals surface area (Å²) in [5, 5.41) is 8.80. The summed E-state index contributed by atoms with van der Waals surface area (Å²) in [6.45, 7) is 1.77. The molecule has 0 radical (unpaired) electrons. The van der Waals surface area contributed by atoms with Crippen molar-refractivity contribution in [3.63, 3.8) is 0 Å². The molecule has 0 aliphatic carbocycles. The molecule has 0 aliphatic rings. The molecule has 1 amide bonds. The number of amides is 1. The third-order valence-electron chi connectivity index (χ3n) is 1.17. The van der Waals surface area contributed by atoms with Gasteiger partial charge in [0.05, 0.1) is 0 Å². The van der Waals surface area contributed by atoms with E-state index in [2.05, 4.69) is 0 Å². The van der Waals surface area contributed by atoms with Crippen LogP contribution >= 0.6 is 12.4 Å². The molecule has 0 bridgehead atoms. The zero-order valence-electron chi connectivity index (χ0n) is 5.78. The van der Waals surface area contributed by atoms with E-state index in [-0.39, 0.29) is 12.4 Å². The van der Waals surface area contributed by atoms with Crippen LogP contribution in [0.25, 0.3) is 0 Å². The van der Waals surface area contributed by atoms with Crippen LogP contribution < -0.4 is 11.5 Å². The summed E-state index contributed by atoms with van der Waals surface area (Å²) >= 11 is 0. The molecule has 0 heterocycles. The SMILES string of the molecule is CCC(N)C(O)C(N)=O.Cl. The normalized spacial score (nSPS) is 15.1. The van der Waals surface area contributed by atoms with Crippen molar-refractivity contribution in [2.24, 2.45) is 11.5 Å². The van der Waals surface area contributed by atoms with E-state index in [4.69, 9.17) is 16.6 Å². The van der Waals surface area contributed by atoms with Gasteiger partial charge in [0.2, 0.25) is 5.91 Å². The maximum atomic E-state index is 10.2. The molecule has 4 nitrogen and oxygen atoms in total. The Labute approximate surface area is 66.0 Å². The van der Waals surface area contributed by atoms with E-state index in [1.54, 1.807) is 6.92 Å². The van der Waals surface area contributed by atoms with Gasteiger partial charge < -0.3 is 16.6 Å². The zero-order valence-corrected chi connectivity index (χ0v) is 6.60. The second-order valence-corrected chi connectivity index (χ2v) is 1.92. The number of nitrogens with two attached hydrogens (primary N) is 2. The Bertz CT molecular complexity index is 110.